The van der Waals surface area contributed by atoms with Crippen molar-refractivity contribution in [2.75, 3.05) is 10.7 Å². The van der Waals surface area contributed by atoms with Crippen LogP contribution in [0.15, 0.2) is 24.3 Å². The summed E-state index contributed by atoms with van der Waals surface area (Å²) in [6, 6.07) is 0. The molecule has 0 unspecified atom stereocenters. The molecule has 1 aliphatic heterocycles. The number of carbonyl (C=O) groups is 2. The molecule has 156 valence electrons. The maximum Gasteiger partial charge on any atom is 0.339 e. The highest BCUT2D eigenvalue weighted by atomic mass is 79.9. The fourth-order valence-electron chi connectivity index (χ4n) is 4.58. The van der Waals surface area contributed by atoms with E-state index < -0.39 is 53.3 Å². The number of rotatable bonds is 4. The van der Waals surface area contributed by atoms with Gasteiger partial charge in [0.05, 0.1) is 12.0 Å². The molecule has 28 heavy (non-hydrogen) atoms. The summed E-state index contributed by atoms with van der Waals surface area (Å²) in [4.78, 5) is 24.7. The van der Waals surface area contributed by atoms with Crippen LogP contribution in [0.25, 0.3) is 0 Å². The minimum absolute atomic E-state index is 0.0161. The molecule has 3 fully saturated rings. The summed E-state index contributed by atoms with van der Waals surface area (Å²) in [6.07, 6.45) is -2.18. The Balaban J connectivity index is 2.01. The van der Waals surface area contributed by atoms with E-state index in [0.717, 1.165) is 0 Å². The highest BCUT2D eigenvalue weighted by molar-refractivity contribution is 9.09. The lowest BCUT2D eigenvalue weighted by Crippen LogP contribution is -2.52. The Bertz CT molecular complexity index is 721. The monoisotopic (exact) mass is 522 g/mol. The molecule has 0 spiro atoms. The second-order valence-electron chi connectivity index (χ2n) is 8.14. The molecule has 0 amide bonds. The summed E-state index contributed by atoms with van der Waals surface area (Å²) in [5, 5.41) is 31.9. The summed E-state index contributed by atoms with van der Waals surface area (Å²) in [5.74, 6) is -3.10. The maximum absolute atomic E-state index is 12.5. The van der Waals surface area contributed by atoms with Crippen LogP contribution >= 0.6 is 31.9 Å². The molecule has 2 saturated carbocycles. The van der Waals surface area contributed by atoms with Crippen LogP contribution < -0.4 is 0 Å². The Morgan fingerprint density at radius 3 is 2.64 bits per heavy atom. The fraction of sp³-hybridized carbons (Fsp3) is 0.684. The molecule has 0 aromatic rings. The minimum Gasteiger partial charge on any atom is -0.459 e. The van der Waals surface area contributed by atoms with E-state index in [0.29, 0.717) is 5.57 Å². The van der Waals surface area contributed by atoms with Crippen LogP contribution in [-0.2, 0) is 19.1 Å². The molecule has 2 aliphatic carbocycles. The summed E-state index contributed by atoms with van der Waals surface area (Å²) in [7, 11) is 0. The minimum atomic E-state index is -1.74. The Morgan fingerprint density at radius 1 is 1.43 bits per heavy atom. The van der Waals surface area contributed by atoms with Crippen molar-refractivity contribution in [3.05, 3.63) is 24.3 Å². The van der Waals surface area contributed by atoms with E-state index in [1.807, 2.05) is 0 Å². The van der Waals surface area contributed by atoms with Gasteiger partial charge in [-0.05, 0) is 19.3 Å². The lowest BCUT2D eigenvalue weighted by atomic mass is 9.76. The Kier molecular flexibility index (Phi) is 5.88. The zero-order valence-electron chi connectivity index (χ0n) is 15.4. The first-order chi connectivity index (χ1) is 13.0. The lowest BCUT2D eigenvalue weighted by Gasteiger charge is -2.37. The number of alkyl halides is 2. The van der Waals surface area contributed by atoms with Gasteiger partial charge in [0.2, 0.25) is 0 Å². The van der Waals surface area contributed by atoms with Crippen molar-refractivity contribution in [1.29, 1.82) is 0 Å². The number of esters is 2. The molecule has 1 heterocycles. The molecule has 7 nitrogen and oxygen atoms in total. The van der Waals surface area contributed by atoms with Gasteiger partial charge in [-0.1, -0.05) is 50.6 Å². The second-order valence-corrected chi connectivity index (χ2v) is 9.26. The van der Waals surface area contributed by atoms with Crippen LogP contribution in [0, 0.1) is 17.8 Å². The lowest BCUT2D eigenvalue weighted by molar-refractivity contribution is -0.171. The average molecular weight is 524 g/mol. The van der Waals surface area contributed by atoms with Crippen molar-refractivity contribution in [3.8, 4) is 0 Å². The number of hydrogen-bond acceptors (Lipinski definition) is 7. The van der Waals surface area contributed by atoms with Crippen molar-refractivity contribution in [1.82, 2.24) is 0 Å². The zero-order valence-corrected chi connectivity index (χ0v) is 18.6. The normalized spacial score (nSPS) is 42.3. The summed E-state index contributed by atoms with van der Waals surface area (Å²) >= 11 is 6.35. The van der Waals surface area contributed by atoms with E-state index in [1.165, 1.54) is 6.92 Å². The van der Waals surface area contributed by atoms with Gasteiger partial charge in [-0.2, -0.15) is 0 Å². The first-order valence-electron chi connectivity index (χ1n) is 9.01. The predicted molar refractivity (Wildman–Crippen MR) is 107 cm³/mol. The smallest absolute Gasteiger partial charge is 0.339 e. The summed E-state index contributed by atoms with van der Waals surface area (Å²) in [6.45, 7) is 9.23. The van der Waals surface area contributed by atoms with E-state index in [4.69, 9.17) is 9.47 Å². The van der Waals surface area contributed by atoms with E-state index >= 15 is 0 Å². The standard InChI is InChI=1S/C19H24Br2O7/c1-8-4-11(27-17(24)18(3,25)6-20)13-9(2)16(23)28-15(13)14-10(8)5-12(22)19(14,26)7-21/h10-15,22,25-26H,1-2,4-7H2,3H3/t10-,11-,12-,13+,14-,15-,18+,19+/m0/s1. The zero-order chi connectivity index (χ0) is 21.0. The van der Waals surface area contributed by atoms with E-state index in [2.05, 4.69) is 45.0 Å². The molecular formula is C19H24Br2O7. The molecule has 9 heteroatoms. The van der Waals surface area contributed by atoms with Crippen LogP contribution in [-0.4, -0.2) is 67.4 Å². The molecule has 0 radical (unpaired) electrons. The maximum atomic E-state index is 12.5. The number of aliphatic hydroxyl groups excluding tert-OH is 1. The van der Waals surface area contributed by atoms with Gasteiger partial charge >= 0.3 is 11.9 Å². The highest BCUT2D eigenvalue weighted by Gasteiger charge is 2.64. The molecule has 0 bridgehead atoms. The van der Waals surface area contributed by atoms with E-state index in [-0.39, 0.29) is 35.0 Å². The number of aliphatic hydroxyl groups is 3. The van der Waals surface area contributed by atoms with Crippen LogP contribution in [0.2, 0.25) is 0 Å². The third-order valence-electron chi connectivity index (χ3n) is 6.24. The van der Waals surface area contributed by atoms with Crippen molar-refractivity contribution in [2.45, 2.75) is 49.3 Å². The van der Waals surface area contributed by atoms with Gasteiger partial charge in [-0.3, -0.25) is 0 Å². The van der Waals surface area contributed by atoms with Crippen molar-refractivity contribution >= 4 is 43.8 Å². The topological polar surface area (TPSA) is 113 Å². The van der Waals surface area contributed by atoms with Gasteiger partial charge in [-0.15, -0.1) is 0 Å². The van der Waals surface area contributed by atoms with Gasteiger partial charge in [0.1, 0.15) is 17.8 Å². The first kappa shape index (κ1) is 22.0. The van der Waals surface area contributed by atoms with Crippen LogP contribution in [0.5, 0.6) is 0 Å². The average Bonchev–Trinajstić information content (AvgIpc) is 3.04. The van der Waals surface area contributed by atoms with E-state index in [9.17, 15) is 24.9 Å². The molecule has 3 rings (SSSR count). The number of carbonyl (C=O) groups excluding carboxylic acids is 2. The third-order valence-corrected chi connectivity index (χ3v) is 8.23. The first-order valence-corrected chi connectivity index (χ1v) is 11.3. The van der Waals surface area contributed by atoms with Gasteiger partial charge in [0, 0.05) is 28.6 Å². The summed E-state index contributed by atoms with van der Waals surface area (Å²) < 4.78 is 11.1. The Morgan fingerprint density at radius 2 is 2.07 bits per heavy atom. The van der Waals surface area contributed by atoms with E-state index in [1.54, 1.807) is 0 Å². The Hall–Kier alpha value is -0.740. The quantitative estimate of drug-likeness (QED) is 0.220. The predicted octanol–water partition coefficient (Wildman–Crippen LogP) is 1.22. The molecule has 0 aromatic carbocycles. The molecular weight excluding hydrogens is 500 g/mol. The number of halogens is 2. The fourth-order valence-corrected chi connectivity index (χ4v) is 5.56. The van der Waals surface area contributed by atoms with Crippen LogP contribution in [0.1, 0.15) is 19.8 Å². The molecule has 3 N–H and O–H groups in total. The SMILES string of the molecule is C=C1C(=O)O[C@H]2[C@H]1[C@@H](OC(=O)[C@](C)(O)CBr)CC(=C)[C@@H]1C[C@H](O)[C@](O)(CBr)[C@H]21. The largest absolute Gasteiger partial charge is 0.459 e. The van der Waals surface area contributed by atoms with Crippen LogP contribution in [0.4, 0.5) is 0 Å². The van der Waals surface area contributed by atoms with Gasteiger partial charge in [-0.25, -0.2) is 9.59 Å². The number of hydrogen-bond donors (Lipinski definition) is 3. The molecule has 8 atom stereocenters. The van der Waals surface area contributed by atoms with Gasteiger partial charge in [0.25, 0.3) is 0 Å². The molecule has 1 saturated heterocycles. The molecule has 3 aliphatic rings. The summed E-state index contributed by atoms with van der Waals surface area (Å²) in [5.41, 5.74) is -2.43. The van der Waals surface area contributed by atoms with Crippen molar-refractivity contribution in [2.24, 2.45) is 17.8 Å². The van der Waals surface area contributed by atoms with Crippen molar-refractivity contribution in [3.63, 3.8) is 0 Å². The Labute approximate surface area is 180 Å². The second kappa shape index (κ2) is 7.50. The third kappa shape index (κ3) is 3.29. The van der Waals surface area contributed by atoms with Gasteiger partial charge < -0.3 is 24.8 Å². The van der Waals surface area contributed by atoms with Crippen LogP contribution in [0.3, 0.4) is 0 Å². The van der Waals surface area contributed by atoms with Gasteiger partial charge in [0.15, 0.2) is 5.60 Å². The number of ether oxygens (including phenoxy) is 2. The molecule has 0 aromatic heterocycles. The number of fused-ring (bicyclic) bond motifs is 3. The highest BCUT2D eigenvalue weighted by Crippen LogP contribution is 2.55. The van der Waals surface area contributed by atoms with Crippen molar-refractivity contribution < 1.29 is 34.4 Å².